The van der Waals surface area contributed by atoms with Gasteiger partial charge in [0.2, 0.25) is 11.8 Å². The van der Waals surface area contributed by atoms with Gasteiger partial charge in [0, 0.05) is 31.6 Å². The van der Waals surface area contributed by atoms with Crippen LogP contribution in [0.1, 0.15) is 46.0 Å². The number of hydrogen-bond donors (Lipinski definition) is 2. The first-order valence-corrected chi connectivity index (χ1v) is 10.0. The number of carbonyl (C=O) groups is 1. The summed E-state index contributed by atoms with van der Waals surface area (Å²) in [6.45, 7) is 7.32. The van der Waals surface area contributed by atoms with E-state index in [9.17, 15) is 18.0 Å². The summed E-state index contributed by atoms with van der Waals surface area (Å²) in [6, 6.07) is -1.64. The van der Waals surface area contributed by atoms with E-state index < -0.39 is 36.2 Å². The van der Waals surface area contributed by atoms with Crippen LogP contribution in [0.2, 0.25) is 0 Å². The monoisotopic (exact) mass is 425 g/mol. The summed E-state index contributed by atoms with van der Waals surface area (Å²) in [6.07, 6.45) is 8.19. The van der Waals surface area contributed by atoms with Crippen molar-refractivity contribution in [2.45, 2.75) is 64.0 Å². The number of hydrogen-bond acceptors (Lipinski definition) is 4. The second kappa shape index (κ2) is 10.6. The molecule has 0 aromatic rings. The first-order valence-electron chi connectivity index (χ1n) is 10.0. The zero-order valence-electron chi connectivity index (χ0n) is 17.7. The van der Waals surface area contributed by atoms with Gasteiger partial charge in [-0.05, 0) is 50.8 Å². The third kappa shape index (κ3) is 6.34. The smallest absolute Gasteiger partial charge is 0.250 e. The number of allylic oxidation sites excluding steroid dienone is 7. The first kappa shape index (κ1) is 24.0. The molecule has 0 spiro atoms. The minimum atomic E-state index is -2.78. The molecular formula is C22H30F3N3O2. The highest BCUT2D eigenvalue weighted by molar-refractivity contribution is 5.86. The second-order valence-corrected chi connectivity index (χ2v) is 7.64. The van der Waals surface area contributed by atoms with Crippen LogP contribution >= 0.6 is 0 Å². The van der Waals surface area contributed by atoms with Gasteiger partial charge >= 0.3 is 0 Å². The number of halogens is 3. The van der Waals surface area contributed by atoms with Crippen molar-refractivity contribution in [3.8, 4) is 0 Å². The van der Waals surface area contributed by atoms with Gasteiger partial charge in [-0.2, -0.15) is 10.4 Å². The first-order chi connectivity index (χ1) is 14.2. The lowest BCUT2D eigenvalue weighted by Crippen LogP contribution is -2.51. The Morgan fingerprint density at radius 1 is 1.43 bits per heavy atom. The van der Waals surface area contributed by atoms with E-state index in [1.165, 1.54) is 24.3 Å². The fourth-order valence-corrected chi connectivity index (χ4v) is 3.63. The highest BCUT2D eigenvalue weighted by Gasteiger charge is 2.42. The maximum atomic E-state index is 13.9. The van der Waals surface area contributed by atoms with E-state index in [0.29, 0.717) is 24.1 Å². The Morgan fingerprint density at radius 2 is 2.17 bits per heavy atom. The van der Waals surface area contributed by atoms with Crippen LogP contribution in [0, 0.1) is 0 Å². The summed E-state index contributed by atoms with van der Waals surface area (Å²) >= 11 is 0. The van der Waals surface area contributed by atoms with Gasteiger partial charge in [-0.1, -0.05) is 30.4 Å². The molecule has 1 amide bonds. The predicted octanol–water partition coefficient (Wildman–Crippen LogP) is 4.64. The van der Waals surface area contributed by atoms with Gasteiger partial charge in [-0.15, -0.1) is 0 Å². The van der Waals surface area contributed by atoms with Crippen molar-refractivity contribution in [2.24, 2.45) is 0 Å². The Hall–Kier alpha value is -2.32. The number of rotatable bonds is 9. The van der Waals surface area contributed by atoms with Crippen molar-refractivity contribution in [2.75, 3.05) is 7.05 Å². The minimum Gasteiger partial charge on any atom is -0.351 e. The fraction of sp³-hybridized carbons (Fsp3) is 0.500. The topological polar surface area (TPSA) is 53.6 Å². The van der Waals surface area contributed by atoms with Crippen LogP contribution in [0.4, 0.5) is 13.2 Å². The molecule has 0 heterocycles. The van der Waals surface area contributed by atoms with Gasteiger partial charge in [0.15, 0.2) is 6.04 Å². The van der Waals surface area contributed by atoms with E-state index >= 15 is 0 Å². The molecule has 2 aliphatic rings. The molecule has 1 fully saturated rings. The quantitative estimate of drug-likeness (QED) is 0.418. The molecule has 2 rings (SSSR count). The van der Waals surface area contributed by atoms with Crippen molar-refractivity contribution in [1.29, 1.82) is 0 Å². The Morgan fingerprint density at radius 3 is 2.70 bits per heavy atom. The molecule has 5 nitrogen and oxygen atoms in total. The van der Waals surface area contributed by atoms with E-state index in [1.54, 1.807) is 18.2 Å². The minimum absolute atomic E-state index is 0.199. The van der Waals surface area contributed by atoms with E-state index in [0.717, 1.165) is 5.57 Å². The number of alkyl halides is 2. The average molecular weight is 425 g/mol. The molecule has 2 unspecified atom stereocenters. The molecule has 0 aliphatic heterocycles. The molecule has 8 heteroatoms. The summed E-state index contributed by atoms with van der Waals surface area (Å²) in [7, 11) is 1.52. The second-order valence-electron chi connectivity index (χ2n) is 7.64. The number of nitrogens with one attached hydrogen (secondary N) is 2. The van der Waals surface area contributed by atoms with Crippen molar-refractivity contribution in [3.63, 3.8) is 0 Å². The molecule has 0 bridgehead atoms. The lowest BCUT2D eigenvalue weighted by atomic mass is 9.98. The van der Waals surface area contributed by atoms with Gasteiger partial charge in [-0.3, -0.25) is 4.79 Å². The van der Waals surface area contributed by atoms with Crippen LogP contribution in [0.15, 0.2) is 59.6 Å². The van der Waals surface area contributed by atoms with Crippen molar-refractivity contribution >= 4 is 5.91 Å². The lowest BCUT2D eigenvalue weighted by Gasteiger charge is -2.35. The third-order valence-electron chi connectivity index (χ3n) is 5.03. The molecule has 1 saturated carbocycles. The van der Waals surface area contributed by atoms with Gasteiger partial charge in [0.05, 0.1) is 0 Å². The molecule has 30 heavy (non-hydrogen) atoms. The number of amides is 1. The third-order valence-corrected chi connectivity index (χ3v) is 5.03. The van der Waals surface area contributed by atoms with Gasteiger partial charge in [0.1, 0.15) is 5.83 Å². The van der Waals surface area contributed by atoms with Gasteiger partial charge in [0.25, 0.3) is 0 Å². The largest absolute Gasteiger partial charge is 0.351 e. The molecule has 0 aromatic heterocycles. The van der Waals surface area contributed by atoms with Crippen molar-refractivity contribution in [1.82, 2.24) is 15.9 Å². The molecular weight excluding hydrogens is 395 g/mol. The molecule has 2 N–H and O–H groups in total. The standard InChI is InChI=1S/C22H30F3N3O2/c1-5-6-10-19(15(2)3)20(21(29)27-17-11-12-22(24,25)14-17)28(30-26-4)18-9-7-8-16(23)13-18/h5-6,8,10,13,17,20,26H,1,7,9,11-12,14H2,2-4H3,(H,27,29)/b10-6-. The molecule has 2 atom stereocenters. The Labute approximate surface area is 175 Å². The summed E-state index contributed by atoms with van der Waals surface area (Å²) in [5.41, 5.74) is 4.43. The van der Waals surface area contributed by atoms with Gasteiger partial charge in [-0.25, -0.2) is 18.2 Å². The number of carbonyl (C=O) groups excluding carboxylic acids is 1. The zero-order chi connectivity index (χ0) is 22.3. The average Bonchev–Trinajstić information content (AvgIpc) is 3.01. The van der Waals surface area contributed by atoms with Crippen molar-refractivity contribution < 1.29 is 22.9 Å². The predicted molar refractivity (Wildman–Crippen MR) is 111 cm³/mol. The fourth-order valence-electron chi connectivity index (χ4n) is 3.63. The molecule has 2 aliphatic carbocycles. The summed E-state index contributed by atoms with van der Waals surface area (Å²) in [5, 5.41) is 4.05. The Kier molecular flexibility index (Phi) is 8.49. The zero-order valence-corrected chi connectivity index (χ0v) is 17.7. The van der Waals surface area contributed by atoms with Crippen LogP contribution < -0.4 is 10.8 Å². The Bertz CT molecular complexity index is 768. The molecule has 0 saturated heterocycles. The lowest BCUT2D eigenvalue weighted by molar-refractivity contribution is -0.200. The summed E-state index contributed by atoms with van der Waals surface area (Å²) in [5.74, 6) is -3.69. The number of nitrogens with zero attached hydrogens (tertiary/aromatic N) is 1. The molecule has 0 radical (unpaired) electrons. The SMILES string of the molecule is C=C/C=C\C(=C(C)C)C(C(=O)NC1CCC(F)(F)C1)N(ONC)C1=CC(F)=CCC1. The highest BCUT2D eigenvalue weighted by Crippen LogP contribution is 2.35. The molecule has 166 valence electrons. The van der Waals surface area contributed by atoms with Crippen LogP contribution in [-0.4, -0.2) is 36.0 Å². The Balaban J connectivity index is 2.44. The highest BCUT2D eigenvalue weighted by atomic mass is 19.3. The van der Waals surface area contributed by atoms with Crippen LogP contribution in [0.25, 0.3) is 0 Å². The van der Waals surface area contributed by atoms with Crippen LogP contribution in [0.5, 0.6) is 0 Å². The van der Waals surface area contributed by atoms with Gasteiger partial charge < -0.3 is 5.32 Å². The number of hydroxylamine groups is 3. The summed E-state index contributed by atoms with van der Waals surface area (Å²) < 4.78 is 41.2. The normalized spacial score (nSPS) is 21.6. The van der Waals surface area contributed by atoms with Crippen molar-refractivity contribution in [3.05, 3.63) is 59.6 Å². The van der Waals surface area contributed by atoms with E-state index in [-0.39, 0.29) is 12.8 Å². The van der Waals surface area contributed by atoms with E-state index in [4.69, 9.17) is 4.94 Å². The van der Waals surface area contributed by atoms with E-state index in [2.05, 4.69) is 17.4 Å². The van der Waals surface area contributed by atoms with Crippen LogP contribution in [0.3, 0.4) is 0 Å². The summed E-state index contributed by atoms with van der Waals surface area (Å²) in [4.78, 5) is 18.9. The maximum absolute atomic E-state index is 13.9. The van der Waals surface area contributed by atoms with Crippen LogP contribution in [-0.2, 0) is 9.73 Å². The molecule has 0 aromatic carbocycles. The maximum Gasteiger partial charge on any atom is 0.250 e. The van der Waals surface area contributed by atoms with E-state index in [1.807, 2.05) is 13.8 Å².